The molecule has 3 N–H and O–H groups in total. The Labute approximate surface area is 764 Å². The SMILES string of the molecule is COc1ccc(N2C(=O)N(c3c(C)cccc3C)Cc3cnc(Nc4ccc(C5CCN(C)CC5)c(OC)c4)nc32)c(OC)c1.COc1ccc(N2C(=O)N(c3c(C)cccc3C)Cc3cnc(Nc4ccc(C5CCN(C)CC5)c(OC)c4)nc32)nc1.COc1ccc(N2C(=O)N(c3c(C)cccc3C)Cc3cnc(Nc4ccc(N5CCN(C)CC5)cc4OC)nc32)nc1. The molecule has 0 saturated carbocycles. The van der Waals surface area contributed by atoms with Crippen LogP contribution in [0.3, 0.4) is 0 Å². The number of likely N-dealkylation sites (N-methyl/N-ethyl adjacent to an activating group) is 1. The lowest BCUT2D eigenvalue weighted by Crippen LogP contribution is -2.46. The number of hydrogen-bond acceptors (Lipinski definition) is 25. The van der Waals surface area contributed by atoms with Crippen molar-refractivity contribution in [3.63, 3.8) is 0 Å². The van der Waals surface area contributed by atoms with Gasteiger partial charge in [0.25, 0.3) is 0 Å². The van der Waals surface area contributed by atoms with Crippen LogP contribution in [0.5, 0.6) is 40.2 Å². The lowest BCUT2D eigenvalue weighted by Gasteiger charge is -2.37. The maximum Gasteiger partial charge on any atom is 0.336 e. The topological polar surface area (TPSA) is 287 Å². The van der Waals surface area contributed by atoms with Gasteiger partial charge in [-0.2, -0.15) is 15.0 Å². The number of piperazine rings is 1. The molecule has 3 saturated heterocycles. The number of ether oxygens (including phenoxy) is 7. The monoisotopic (exact) mass is 1770 g/mol. The van der Waals surface area contributed by atoms with E-state index in [4.69, 9.17) is 48.1 Å². The maximum atomic E-state index is 14.4. The van der Waals surface area contributed by atoms with Crippen molar-refractivity contribution in [3.05, 3.63) is 244 Å². The number of pyridine rings is 2. The van der Waals surface area contributed by atoms with E-state index in [9.17, 15) is 14.4 Å². The Balaban J connectivity index is 0.000000144. The van der Waals surface area contributed by atoms with Crippen LogP contribution < -0.4 is 83.4 Å². The average Bonchev–Trinajstić information content (AvgIpc) is 0.752. The number of hydrogen-bond donors (Lipinski definition) is 3. The number of anilines is 16. The van der Waals surface area contributed by atoms with E-state index in [1.807, 2.05) is 139 Å². The Morgan fingerprint density at radius 1 is 0.336 bits per heavy atom. The van der Waals surface area contributed by atoms with Crippen LogP contribution in [0.1, 0.15) is 98.7 Å². The number of amides is 6. The third kappa shape index (κ3) is 19.2. The summed E-state index contributed by atoms with van der Waals surface area (Å²) >= 11 is 0. The van der Waals surface area contributed by atoms with Crippen molar-refractivity contribution in [2.75, 3.05) is 174 Å². The van der Waals surface area contributed by atoms with E-state index in [2.05, 4.69) is 99.8 Å². The van der Waals surface area contributed by atoms with Crippen LogP contribution in [0.15, 0.2) is 183 Å². The molecule has 678 valence electrons. The zero-order valence-electron chi connectivity index (χ0n) is 77.2. The summed E-state index contributed by atoms with van der Waals surface area (Å²) in [4.78, 5) is 99.9. The number of aryl methyl sites for hydroxylation is 6. The standard InChI is InChI=1S/C35H40N6O4.C33H37N7O3.C32H36N8O3/c1-22-8-7-9-23(2)32(22)40-21-25-20-36-34(37-26-10-12-28(30(18-26)44-5)24-14-16-39(3)17-15-24)38-33(25)41(35(40)42)29-13-11-27(43-4)19-31(29)45-6;1-21-7-6-8-22(2)30(21)39-20-24-18-35-32(37-31(24)40(33(39)41)29-12-10-26(42-4)19-34-29)36-25-9-11-27(28(17-25)43-5)23-13-15-38(3)16-14-23;1-21-7-6-8-22(2)29(21)39-20-23-18-34-31(36-30(23)40(32(39)41)28-12-10-25(42-4)19-33-28)35-26-11-9-24(17-27(26)43-5)38-15-13-37(3)14-16-38/h7-13,18-20,24H,14-17,21H2,1-6H3,(H,36,37,38);6-12,17-19,23H,13-16,20H2,1-5H3,(H,35,36,37);6-12,17-19H,13-16,20H2,1-5H3,(H,34,35,36). The summed E-state index contributed by atoms with van der Waals surface area (Å²) < 4.78 is 39.2. The van der Waals surface area contributed by atoms with Crippen LogP contribution >= 0.6 is 0 Å². The number of benzene rings is 7. The molecule has 0 spiro atoms. The van der Waals surface area contributed by atoms with E-state index in [0.717, 1.165) is 179 Å². The Kier molecular flexibility index (Phi) is 27.2. The minimum absolute atomic E-state index is 0.239. The van der Waals surface area contributed by atoms with Crippen LogP contribution in [0.2, 0.25) is 0 Å². The fourth-order valence-corrected chi connectivity index (χ4v) is 18.0. The van der Waals surface area contributed by atoms with E-state index in [1.54, 1.807) is 142 Å². The number of likely N-dealkylation sites (tertiary alicyclic amines) is 2. The Morgan fingerprint density at radius 3 is 1.09 bits per heavy atom. The van der Waals surface area contributed by atoms with E-state index in [-0.39, 0.29) is 18.1 Å². The largest absolute Gasteiger partial charge is 0.497 e. The summed E-state index contributed by atoms with van der Waals surface area (Å²) in [6, 6.07) is 48.2. The lowest BCUT2D eigenvalue weighted by molar-refractivity contribution is 0.251. The minimum atomic E-state index is -0.249. The summed E-state index contributed by atoms with van der Waals surface area (Å²) in [7, 11) is 17.9. The average molecular weight is 1770 g/mol. The molecule has 12 aromatic rings. The zero-order chi connectivity index (χ0) is 91.8. The Bertz CT molecular complexity index is 6100. The number of carbonyl (C=O) groups is 3. The van der Waals surface area contributed by atoms with Gasteiger partial charge < -0.3 is 68.7 Å². The smallest absolute Gasteiger partial charge is 0.336 e. The molecule has 0 atom stereocenters. The number of urea groups is 3. The summed E-state index contributed by atoms with van der Waals surface area (Å²) in [5.74, 6) is 9.01. The third-order valence-corrected chi connectivity index (χ3v) is 25.1. The van der Waals surface area contributed by atoms with Crippen LogP contribution in [-0.2, 0) is 19.6 Å². The van der Waals surface area contributed by atoms with Crippen molar-refractivity contribution in [1.29, 1.82) is 0 Å². The molecule has 0 radical (unpaired) electrons. The van der Waals surface area contributed by atoms with Crippen molar-refractivity contribution >= 4 is 111 Å². The Hall–Kier alpha value is -14.4. The molecule has 18 rings (SSSR count). The molecule has 6 amide bonds. The highest BCUT2D eigenvalue weighted by Crippen LogP contribution is 2.47. The molecule has 7 aromatic carbocycles. The highest BCUT2D eigenvalue weighted by atomic mass is 16.5. The number of methoxy groups -OCH3 is 7. The molecule has 5 aromatic heterocycles. The van der Waals surface area contributed by atoms with Gasteiger partial charge in [-0.15, -0.1) is 0 Å². The summed E-state index contributed by atoms with van der Waals surface area (Å²) in [6.07, 6.45) is 12.9. The predicted octanol–water partition coefficient (Wildman–Crippen LogP) is 18.6. The molecule has 0 unspecified atom stereocenters. The van der Waals surface area contributed by atoms with Crippen molar-refractivity contribution in [2.45, 2.75) is 98.7 Å². The number of fused-ring (bicyclic) bond motifs is 3. The van der Waals surface area contributed by atoms with E-state index in [1.165, 1.54) is 16.0 Å². The second-order valence-electron chi connectivity index (χ2n) is 33.7. The van der Waals surface area contributed by atoms with Gasteiger partial charge in [-0.3, -0.25) is 14.7 Å². The number of para-hydroxylation sites is 3. The van der Waals surface area contributed by atoms with Gasteiger partial charge >= 0.3 is 18.1 Å². The number of rotatable bonds is 22. The fourth-order valence-electron chi connectivity index (χ4n) is 18.0. The van der Waals surface area contributed by atoms with Gasteiger partial charge in [-0.05, 0) is 232 Å². The first-order valence-corrected chi connectivity index (χ1v) is 44.0. The first kappa shape index (κ1) is 89.9. The number of nitrogens with one attached hydrogen (secondary N) is 3. The van der Waals surface area contributed by atoms with Gasteiger partial charge in [-0.25, -0.2) is 54.0 Å². The predicted molar refractivity (Wildman–Crippen MR) is 514 cm³/mol. The summed E-state index contributed by atoms with van der Waals surface area (Å²) in [5.41, 5.74) is 17.5. The molecular formula is C100H113N21O10. The van der Waals surface area contributed by atoms with Crippen LogP contribution in [0, 0.1) is 41.5 Å². The molecular weight excluding hydrogens is 1660 g/mol. The Morgan fingerprint density at radius 2 is 0.710 bits per heavy atom. The number of aromatic nitrogens is 8. The van der Waals surface area contributed by atoms with Crippen molar-refractivity contribution in [2.24, 2.45) is 0 Å². The molecule has 31 nitrogen and oxygen atoms in total. The van der Waals surface area contributed by atoms with Gasteiger partial charge in [-0.1, -0.05) is 66.7 Å². The summed E-state index contributed by atoms with van der Waals surface area (Å²) in [5, 5.41) is 9.99. The maximum absolute atomic E-state index is 14.4. The highest BCUT2D eigenvalue weighted by molar-refractivity contribution is 6.13. The van der Waals surface area contributed by atoms with E-state index < -0.39 is 0 Å². The van der Waals surface area contributed by atoms with Gasteiger partial charge in [0, 0.05) is 103 Å². The van der Waals surface area contributed by atoms with Crippen LogP contribution in [-0.4, -0.2) is 196 Å². The number of nitrogens with zero attached hydrogens (tertiary/aromatic N) is 18. The van der Waals surface area contributed by atoms with Crippen LogP contribution in [0.4, 0.5) is 107 Å². The minimum Gasteiger partial charge on any atom is -0.497 e. The third-order valence-electron chi connectivity index (χ3n) is 25.1. The van der Waals surface area contributed by atoms with Gasteiger partial charge in [0.15, 0.2) is 17.5 Å². The van der Waals surface area contributed by atoms with Gasteiger partial charge in [0.2, 0.25) is 17.8 Å². The first-order valence-electron chi connectivity index (χ1n) is 44.0. The molecule has 0 bridgehead atoms. The molecule has 131 heavy (non-hydrogen) atoms. The van der Waals surface area contributed by atoms with Crippen molar-refractivity contribution in [3.8, 4) is 40.2 Å². The van der Waals surface area contributed by atoms with E-state index >= 15 is 0 Å². The lowest BCUT2D eigenvalue weighted by atomic mass is 9.89. The molecule has 11 heterocycles. The molecule has 6 aliphatic heterocycles. The fraction of sp³-hybridized carbons (Fsp3) is 0.330. The molecule has 31 heteroatoms. The second kappa shape index (κ2) is 39.7. The van der Waals surface area contributed by atoms with Gasteiger partial charge in [0.05, 0.1) is 110 Å². The first-order chi connectivity index (χ1) is 63.5. The van der Waals surface area contributed by atoms with Crippen LogP contribution in [0.25, 0.3) is 0 Å². The zero-order valence-corrected chi connectivity index (χ0v) is 77.2. The van der Waals surface area contributed by atoms with Crippen molar-refractivity contribution < 1.29 is 47.5 Å². The van der Waals surface area contributed by atoms with Crippen molar-refractivity contribution in [1.82, 2.24) is 54.6 Å². The number of carbonyl (C=O) groups excluding carboxylic acids is 3. The highest BCUT2D eigenvalue weighted by Gasteiger charge is 2.41. The summed E-state index contributed by atoms with van der Waals surface area (Å²) in [6.45, 7) is 21.3. The van der Waals surface area contributed by atoms with E-state index in [0.29, 0.717) is 113 Å². The van der Waals surface area contributed by atoms with Gasteiger partial charge in [0.1, 0.15) is 51.9 Å². The second-order valence-corrected chi connectivity index (χ2v) is 33.7. The quantitative estimate of drug-likeness (QED) is 0.0568. The number of piperidine rings is 2. The molecule has 6 aliphatic rings. The molecule has 0 aliphatic carbocycles. The normalized spacial score (nSPS) is 15.6. The molecule has 3 fully saturated rings.